The summed E-state index contributed by atoms with van der Waals surface area (Å²) in [5.41, 5.74) is 2.35. The summed E-state index contributed by atoms with van der Waals surface area (Å²) < 4.78 is 4.25. The molecular weight excluding hydrogens is 180 g/mol. The molecule has 2 nitrogen and oxygen atoms in total. The predicted molar refractivity (Wildman–Crippen MR) is 54.8 cm³/mol. The van der Waals surface area contributed by atoms with Crippen molar-refractivity contribution in [1.82, 2.24) is 9.36 Å². The van der Waals surface area contributed by atoms with Gasteiger partial charge in [0, 0.05) is 5.56 Å². The molecule has 1 aromatic carbocycles. The molecule has 0 spiro atoms. The van der Waals surface area contributed by atoms with Gasteiger partial charge in [-0.2, -0.15) is 4.37 Å². The lowest BCUT2D eigenvalue weighted by Gasteiger charge is -1.94. The molecule has 0 saturated carbocycles. The van der Waals surface area contributed by atoms with Crippen LogP contribution >= 0.6 is 11.5 Å². The maximum atomic E-state index is 4.32. The minimum atomic E-state index is 0.836. The third kappa shape index (κ3) is 1.75. The van der Waals surface area contributed by atoms with E-state index in [-0.39, 0.29) is 0 Å². The fraction of sp³-hybridized carbons (Fsp3) is 0.200. The van der Waals surface area contributed by atoms with Gasteiger partial charge in [-0.1, -0.05) is 29.8 Å². The summed E-state index contributed by atoms with van der Waals surface area (Å²) in [5, 5.41) is 1.01. The molecule has 0 aliphatic heterocycles. The molecule has 2 aromatic rings. The Hall–Kier alpha value is -1.22. The highest BCUT2D eigenvalue weighted by atomic mass is 32.1. The first-order chi connectivity index (χ1) is 6.25. The van der Waals surface area contributed by atoms with Crippen molar-refractivity contribution in [3.8, 4) is 11.4 Å². The predicted octanol–water partition coefficient (Wildman–Crippen LogP) is 2.82. The molecule has 0 N–H and O–H groups in total. The van der Waals surface area contributed by atoms with Crippen LogP contribution in [0.5, 0.6) is 0 Å². The van der Waals surface area contributed by atoms with E-state index >= 15 is 0 Å². The highest BCUT2D eigenvalue weighted by molar-refractivity contribution is 7.05. The van der Waals surface area contributed by atoms with Gasteiger partial charge in [0.15, 0.2) is 5.82 Å². The first-order valence-corrected chi connectivity index (χ1v) is 4.90. The summed E-state index contributed by atoms with van der Waals surface area (Å²) in [6.45, 7) is 4.04. The molecule has 0 bridgehead atoms. The monoisotopic (exact) mass is 190 g/mol. The van der Waals surface area contributed by atoms with Crippen LogP contribution in [0.15, 0.2) is 24.3 Å². The van der Waals surface area contributed by atoms with Gasteiger partial charge in [0.2, 0.25) is 0 Å². The van der Waals surface area contributed by atoms with Gasteiger partial charge in [-0.15, -0.1) is 0 Å². The van der Waals surface area contributed by atoms with Gasteiger partial charge in [-0.25, -0.2) is 4.98 Å². The van der Waals surface area contributed by atoms with E-state index in [9.17, 15) is 0 Å². The van der Waals surface area contributed by atoms with Crippen molar-refractivity contribution in [2.24, 2.45) is 0 Å². The van der Waals surface area contributed by atoms with Crippen molar-refractivity contribution in [2.45, 2.75) is 13.8 Å². The lowest BCUT2D eigenvalue weighted by molar-refractivity contribution is 1.25. The van der Waals surface area contributed by atoms with Gasteiger partial charge in [0.05, 0.1) is 0 Å². The van der Waals surface area contributed by atoms with Gasteiger partial charge < -0.3 is 0 Å². The van der Waals surface area contributed by atoms with E-state index in [0.29, 0.717) is 0 Å². The van der Waals surface area contributed by atoms with Crippen LogP contribution in [0.1, 0.15) is 10.6 Å². The second-order valence-corrected chi connectivity index (χ2v) is 3.96. The van der Waals surface area contributed by atoms with E-state index in [2.05, 4.69) is 40.5 Å². The summed E-state index contributed by atoms with van der Waals surface area (Å²) in [6, 6.07) is 8.25. The van der Waals surface area contributed by atoms with Crippen molar-refractivity contribution in [2.75, 3.05) is 0 Å². The average Bonchev–Trinajstić information content (AvgIpc) is 2.53. The maximum absolute atomic E-state index is 4.32. The molecule has 1 heterocycles. The smallest absolute Gasteiger partial charge is 0.173 e. The SMILES string of the molecule is Cc1ccc(-c2nsc(C)n2)cc1. The first kappa shape index (κ1) is 8.38. The standard InChI is InChI=1S/C10H10N2S/c1-7-3-5-9(6-4-7)10-11-8(2)13-12-10/h3-6H,1-2H3. The van der Waals surface area contributed by atoms with E-state index in [1.54, 1.807) is 0 Å². The van der Waals surface area contributed by atoms with Gasteiger partial charge in [0.25, 0.3) is 0 Å². The van der Waals surface area contributed by atoms with Crippen LogP contribution in [0.4, 0.5) is 0 Å². The minimum Gasteiger partial charge on any atom is -0.220 e. The Morgan fingerprint density at radius 1 is 1.08 bits per heavy atom. The van der Waals surface area contributed by atoms with E-state index in [0.717, 1.165) is 16.4 Å². The Morgan fingerprint density at radius 2 is 1.77 bits per heavy atom. The normalized spacial score (nSPS) is 10.3. The van der Waals surface area contributed by atoms with Crippen LogP contribution in [0.3, 0.4) is 0 Å². The van der Waals surface area contributed by atoms with Gasteiger partial charge in [-0.3, -0.25) is 0 Å². The molecule has 3 heteroatoms. The third-order valence-electron chi connectivity index (χ3n) is 1.84. The number of aryl methyl sites for hydroxylation is 2. The summed E-state index contributed by atoms with van der Waals surface area (Å²) >= 11 is 1.44. The minimum absolute atomic E-state index is 0.836. The molecular formula is C10H10N2S. The Kier molecular flexibility index (Phi) is 2.10. The van der Waals surface area contributed by atoms with Gasteiger partial charge >= 0.3 is 0 Å². The van der Waals surface area contributed by atoms with Crippen LogP contribution in [0.2, 0.25) is 0 Å². The van der Waals surface area contributed by atoms with Crippen LogP contribution in [0.25, 0.3) is 11.4 Å². The molecule has 0 aliphatic carbocycles. The highest BCUT2D eigenvalue weighted by Gasteiger charge is 2.02. The summed E-state index contributed by atoms with van der Waals surface area (Å²) in [7, 11) is 0. The van der Waals surface area contributed by atoms with Gasteiger partial charge in [-0.05, 0) is 25.4 Å². The zero-order valence-electron chi connectivity index (χ0n) is 7.61. The zero-order valence-corrected chi connectivity index (χ0v) is 8.43. The van der Waals surface area contributed by atoms with Crippen LogP contribution in [-0.4, -0.2) is 9.36 Å². The largest absolute Gasteiger partial charge is 0.220 e. The fourth-order valence-corrected chi connectivity index (χ4v) is 1.61. The molecule has 0 atom stereocenters. The second-order valence-electron chi connectivity index (χ2n) is 3.00. The van der Waals surface area contributed by atoms with Crippen molar-refractivity contribution in [3.63, 3.8) is 0 Å². The molecule has 13 heavy (non-hydrogen) atoms. The van der Waals surface area contributed by atoms with Crippen LogP contribution < -0.4 is 0 Å². The summed E-state index contributed by atoms with van der Waals surface area (Å²) in [6.07, 6.45) is 0. The maximum Gasteiger partial charge on any atom is 0.173 e. The number of benzene rings is 1. The summed E-state index contributed by atoms with van der Waals surface area (Å²) in [4.78, 5) is 4.32. The van der Waals surface area contributed by atoms with Crippen molar-refractivity contribution >= 4 is 11.5 Å². The Labute approximate surface area is 81.4 Å². The Bertz CT molecular complexity index is 403. The molecule has 0 amide bonds. The Morgan fingerprint density at radius 3 is 2.31 bits per heavy atom. The van der Waals surface area contributed by atoms with E-state index in [1.807, 2.05) is 6.92 Å². The molecule has 66 valence electrons. The number of rotatable bonds is 1. The molecule has 0 aliphatic rings. The van der Waals surface area contributed by atoms with E-state index in [4.69, 9.17) is 0 Å². The number of nitrogens with zero attached hydrogens (tertiary/aromatic N) is 2. The third-order valence-corrected chi connectivity index (χ3v) is 2.46. The topological polar surface area (TPSA) is 25.8 Å². The van der Waals surface area contributed by atoms with Gasteiger partial charge in [0.1, 0.15) is 5.01 Å². The number of aromatic nitrogens is 2. The zero-order chi connectivity index (χ0) is 9.26. The highest BCUT2D eigenvalue weighted by Crippen LogP contribution is 2.17. The summed E-state index contributed by atoms with van der Waals surface area (Å²) in [5.74, 6) is 0.836. The molecule has 0 saturated heterocycles. The Balaban J connectivity index is 2.41. The fourth-order valence-electron chi connectivity index (χ4n) is 1.12. The van der Waals surface area contributed by atoms with Crippen molar-refractivity contribution < 1.29 is 0 Å². The molecule has 2 rings (SSSR count). The first-order valence-electron chi connectivity index (χ1n) is 4.13. The number of hydrogen-bond acceptors (Lipinski definition) is 3. The molecule has 0 fully saturated rings. The molecule has 0 radical (unpaired) electrons. The second kappa shape index (κ2) is 3.26. The van der Waals surface area contributed by atoms with E-state index < -0.39 is 0 Å². The molecule has 0 unspecified atom stereocenters. The van der Waals surface area contributed by atoms with E-state index in [1.165, 1.54) is 17.1 Å². The van der Waals surface area contributed by atoms with Crippen molar-refractivity contribution in [1.29, 1.82) is 0 Å². The molecule has 1 aromatic heterocycles. The van der Waals surface area contributed by atoms with Crippen LogP contribution in [0, 0.1) is 13.8 Å². The average molecular weight is 190 g/mol. The number of hydrogen-bond donors (Lipinski definition) is 0. The van der Waals surface area contributed by atoms with Crippen LogP contribution in [-0.2, 0) is 0 Å². The lowest BCUT2D eigenvalue weighted by atomic mass is 10.1. The lowest BCUT2D eigenvalue weighted by Crippen LogP contribution is -1.80. The quantitative estimate of drug-likeness (QED) is 0.691. The van der Waals surface area contributed by atoms with Crippen molar-refractivity contribution in [3.05, 3.63) is 34.8 Å².